The van der Waals surface area contributed by atoms with Crippen LogP contribution < -0.4 is 0 Å². The third-order valence-corrected chi connectivity index (χ3v) is 16.1. The number of thiol groups is 1. The van der Waals surface area contributed by atoms with Gasteiger partial charge in [-0.15, -0.1) is 35.3 Å². The second-order valence-electron chi connectivity index (χ2n) is 22.0. The lowest BCUT2D eigenvalue weighted by Crippen LogP contribution is -2.43. The topological polar surface area (TPSA) is 37.4 Å². The number of thiophene rings is 2. The zero-order chi connectivity index (χ0) is 52.1. The predicted molar refractivity (Wildman–Crippen MR) is 319 cm³/mol. The monoisotopic (exact) mass is 1010 g/mol. The van der Waals surface area contributed by atoms with Crippen LogP contribution in [0.15, 0.2) is 23.8 Å². The van der Waals surface area contributed by atoms with Crippen molar-refractivity contribution in [3.05, 3.63) is 50.2 Å². The van der Waals surface area contributed by atoms with E-state index in [0.717, 1.165) is 53.0 Å². The molecule has 0 spiro atoms. The summed E-state index contributed by atoms with van der Waals surface area (Å²) in [6.45, 7) is 33.4. The molecule has 0 atom stereocenters. The van der Waals surface area contributed by atoms with E-state index < -0.39 is 0 Å². The highest BCUT2D eigenvalue weighted by Crippen LogP contribution is 2.49. The van der Waals surface area contributed by atoms with Crippen molar-refractivity contribution in [2.75, 3.05) is 6.54 Å². The molecule has 0 aromatic carbocycles. The third kappa shape index (κ3) is 29.0. The molecule has 0 aliphatic carbocycles. The first-order valence-corrected chi connectivity index (χ1v) is 31.4. The van der Waals surface area contributed by atoms with Gasteiger partial charge in [0.2, 0.25) is 5.91 Å². The van der Waals surface area contributed by atoms with Gasteiger partial charge in [-0.3, -0.25) is 14.5 Å². The van der Waals surface area contributed by atoms with Crippen molar-refractivity contribution in [3.63, 3.8) is 0 Å². The molecule has 3 heterocycles. The Kier molecular flexibility index (Phi) is 39.8. The average molecular weight is 1010 g/mol. The molecule has 2 aromatic heterocycles. The van der Waals surface area contributed by atoms with E-state index in [1.54, 1.807) is 16.2 Å². The largest absolute Gasteiger partial charge is 0.278 e. The molecule has 0 unspecified atom stereocenters. The van der Waals surface area contributed by atoms with Gasteiger partial charge in [0.25, 0.3) is 5.91 Å². The van der Waals surface area contributed by atoms with Gasteiger partial charge in [-0.2, -0.15) is 0 Å². The molecular weight excluding hydrogens is 899 g/mol. The Bertz CT molecular complexity index is 1660. The molecule has 6 heteroatoms. The molecular formula is C63H113NO2S3. The summed E-state index contributed by atoms with van der Waals surface area (Å²) in [5, 5.41) is 0. The lowest BCUT2D eigenvalue weighted by atomic mass is 9.86. The van der Waals surface area contributed by atoms with E-state index in [4.69, 9.17) is 12.6 Å². The van der Waals surface area contributed by atoms with Crippen LogP contribution in [0.4, 0.5) is 0 Å². The van der Waals surface area contributed by atoms with Crippen molar-refractivity contribution in [1.82, 2.24) is 4.90 Å². The van der Waals surface area contributed by atoms with Gasteiger partial charge in [0.15, 0.2) is 0 Å². The number of fused-ring (bicyclic) bond motifs is 1. The molecule has 0 fully saturated rings. The van der Waals surface area contributed by atoms with Crippen LogP contribution in [0.3, 0.4) is 0 Å². The lowest BCUT2D eigenvalue weighted by molar-refractivity contribution is -0.128. The van der Waals surface area contributed by atoms with Crippen LogP contribution in [-0.2, 0) is 23.1 Å². The Morgan fingerprint density at radius 2 is 1.03 bits per heavy atom. The first-order chi connectivity index (χ1) is 33.0. The summed E-state index contributed by atoms with van der Waals surface area (Å²) in [7, 11) is 0. The van der Waals surface area contributed by atoms with E-state index in [0.29, 0.717) is 13.0 Å². The Hall–Kier alpha value is -1.63. The zero-order valence-corrected chi connectivity index (χ0v) is 50.9. The fourth-order valence-corrected chi connectivity index (χ4v) is 11.9. The summed E-state index contributed by atoms with van der Waals surface area (Å²) >= 11 is 8.82. The summed E-state index contributed by atoms with van der Waals surface area (Å²) in [4.78, 5) is 35.1. The first-order valence-electron chi connectivity index (χ1n) is 29.3. The molecule has 0 bridgehead atoms. The molecule has 1 aliphatic heterocycles. The number of imide groups is 1. The Morgan fingerprint density at radius 1 is 0.594 bits per heavy atom. The number of allylic oxidation sites excluding steroid dienone is 3. The van der Waals surface area contributed by atoms with Crippen molar-refractivity contribution < 1.29 is 9.59 Å². The maximum absolute atomic E-state index is 14.4. The number of rotatable bonds is 32. The van der Waals surface area contributed by atoms with Crippen molar-refractivity contribution in [2.45, 2.75) is 308 Å². The summed E-state index contributed by atoms with van der Waals surface area (Å²) in [6, 6.07) is 2.39. The number of unbranched alkanes of at least 4 members (excludes halogenated alkanes) is 23. The normalized spacial score (nSPS) is 13.1. The van der Waals surface area contributed by atoms with Crippen LogP contribution in [0.25, 0.3) is 14.7 Å². The lowest BCUT2D eigenvalue weighted by Gasteiger charge is -2.28. The molecule has 0 saturated heterocycles. The second-order valence-corrected chi connectivity index (χ2v) is 24.5. The van der Waals surface area contributed by atoms with Crippen molar-refractivity contribution in [1.29, 1.82) is 0 Å². The van der Waals surface area contributed by atoms with Gasteiger partial charge in [0.05, 0.1) is 16.9 Å². The highest BCUT2D eigenvalue weighted by molar-refractivity contribution is 7.90. The van der Waals surface area contributed by atoms with Gasteiger partial charge in [-0.05, 0) is 66.2 Å². The summed E-state index contributed by atoms with van der Waals surface area (Å²) in [5.41, 5.74) is 4.40. The van der Waals surface area contributed by atoms with Crippen molar-refractivity contribution >= 4 is 52.0 Å². The summed E-state index contributed by atoms with van der Waals surface area (Å²) in [5.74, 6) is -0.138. The van der Waals surface area contributed by atoms with Crippen LogP contribution in [0.5, 0.6) is 0 Å². The maximum Gasteiger partial charge on any atom is 0.262 e. The quantitative estimate of drug-likeness (QED) is 0.0343. The average Bonchev–Trinajstić information content (AvgIpc) is 3.90. The zero-order valence-electron chi connectivity index (χ0n) is 48.4. The van der Waals surface area contributed by atoms with E-state index in [1.807, 2.05) is 25.2 Å². The fraction of sp³-hybridized carbons (Fsp3) is 0.778. The number of carbonyl (C=O) groups excluding carboxylic acids is 2. The van der Waals surface area contributed by atoms with Crippen LogP contribution >= 0.6 is 35.3 Å². The molecule has 400 valence electrons. The number of carbonyl (C=O) groups is 2. The molecule has 0 saturated carbocycles. The summed E-state index contributed by atoms with van der Waals surface area (Å²) < 4.78 is 0. The highest BCUT2D eigenvalue weighted by atomic mass is 32.1. The number of nitrogens with zero attached hydrogens (tertiary/aromatic N) is 1. The Balaban J connectivity index is 0.00000422. The molecule has 3 rings (SSSR count). The van der Waals surface area contributed by atoms with Crippen LogP contribution in [0.2, 0.25) is 0 Å². The van der Waals surface area contributed by atoms with E-state index in [9.17, 15) is 9.59 Å². The van der Waals surface area contributed by atoms with E-state index in [-0.39, 0.29) is 22.6 Å². The van der Waals surface area contributed by atoms with Crippen molar-refractivity contribution in [3.8, 4) is 9.75 Å². The van der Waals surface area contributed by atoms with Crippen LogP contribution in [-0.4, -0.2) is 23.3 Å². The van der Waals surface area contributed by atoms with E-state index in [1.165, 1.54) is 186 Å². The SMILES string of the molecule is CC.CCC.CCCCC.CCCCCCCCCCCCCC(/C=C(\S)c1cc(CCCCCCCCCCCCC)c(-c2sc(C(C)(C)C)c3c2C(=O)N(CCCC)C(=O)C3)s1)=C\C(C)(C)C. The number of aryl methyl sites for hydroxylation is 1. The second kappa shape index (κ2) is 40.8. The molecule has 3 nitrogen and oxygen atoms in total. The van der Waals surface area contributed by atoms with Gasteiger partial charge < -0.3 is 0 Å². The molecule has 69 heavy (non-hydrogen) atoms. The minimum absolute atomic E-state index is 0.0459. The Labute approximate surface area is 444 Å². The van der Waals surface area contributed by atoms with Gasteiger partial charge >= 0.3 is 0 Å². The number of amides is 2. The molecule has 1 aliphatic rings. The van der Waals surface area contributed by atoms with Gasteiger partial charge in [0, 0.05) is 26.1 Å². The Morgan fingerprint density at radius 3 is 1.45 bits per heavy atom. The maximum atomic E-state index is 14.4. The summed E-state index contributed by atoms with van der Waals surface area (Å²) in [6.07, 6.45) is 43.7. The standard InChI is InChI=1S/C53H87NO2S3.C5H12.C3H8.C2H6/c1-10-13-16-18-20-22-24-26-28-30-32-34-41(40-52(4,5)6)37-44(57)45-38-42(35-33-31-29-27-25-23-21-19-17-14-11-2)48(58-45)49-47-43(50(59-49)53(7,8)9)39-46(55)54(51(47)56)36-15-12-3;1-3-5-4-2;1-3-2;1-2/h37-38,40,57H,10-36,39H2,1-9H3;3-5H2,1-2H3;3H2,1-2H3;1-2H3/b41-40+,44-37-;;;. The van der Waals surface area contributed by atoms with E-state index in [2.05, 4.69) is 108 Å². The van der Waals surface area contributed by atoms with Gasteiger partial charge in [0.1, 0.15) is 0 Å². The fourth-order valence-electron chi connectivity index (χ4n) is 8.91. The minimum Gasteiger partial charge on any atom is -0.278 e. The number of hydrogen-bond acceptors (Lipinski definition) is 5. The van der Waals surface area contributed by atoms with Crippen LogP contribution in [0, 0.1) is 5.41 Å². The van der Waals surface area contributed by atoms with Gasteiger partial charge in [-0.1, -0.05) is 276 Å². The smallest absolute Gasteiger partial charge is 0.262 e. The number of hydrogen-bond donors (Lipinski definition) is 1. The molecule has 0 radical (unpaired) electrons. The van der Waals surface area contributed by atoms with Crippen molar-refractivity contribution in [2.24, 2.45) is 5.41 Å². The minimum atomic E-state index is -0.162. The molecule has 2 aromatic rings. The molecule has 2 amide bonds. The van der Waals surface area contributed by atoms with Gasteiger partial charge in [-0.25, -0.2) is 0 Å². The van der Waals surface area contributed by atoms with Crippen LogP contribution in [0.1, 0.15) is 321 Å². The highest BCUT2D eigenvalue weighted by Gasteiger charge is 2.39. The first kappa shape index (κ1) is 67.4. The molecule has 0 N–H and O–H groups in total. The van der Waals surface area contributed by atoms with E-state index >= 15 is 0 Å². The third-order valence-electron chi connectivity index (χ3n) is 12.5. The predicted octanol–water partition coefficient (Wildman–Crippen LogP) is 22.5.